The van der Waals surface area contributed by atoms with Crippen LogP contribution in [0, 0.1) is 6.92 Å². The molecule has 100 valence electrons. The van der Waals surface area contributed by atoms with Crippen molar-refractivity contribution in [1.82, 2.24) is 14.4 Å². The molecule has 0 radical (unpaired) electrons. The molecule has 20 heavy (non-hydrogen) atoms. The summed E-state index contributed by atoms with van der Waals surface area (Å²) in [6, 6.07) is 7.98. The van der Waals surface area contributed by atoms with Crippen molar-refractivity contribution >= 4 is 22.9 Å². The Labute approximate surface area is 122 Å². The molecule has 5 heteroatoms. The van der Waals surface area contributed by atoms with Crippen LogP contribution in [-0.4, -0.2) is 19.4 Å². The van der Waals surface area contributed by atoms with E-state index >= 15 is 0 Å². The van der Waals surface area contributed by atoms with Crippen LogP contribution in [0.4, 0.5) is 0 Å². The van der Waals surface area contributed by atoms with Gasteiger partial charge in [-0.15, -0.1) is 0 Å². The fourth-order valence-corrected chi connectivity index (χ4v) is 2.40. The maximum Gasteiger partial charge on any atom is 0.137 e. The fraction of sp³-hybridized carbons (Fsp3) is 0.133. The zero-order chi connectivity index (χ0) is 14.1. The summed E-state index contributed by atoms with van der Waals surface area (Å²) in [6.45, 7) is 2.05. The summed E-state index contributed by atoms with van der Waals surface area (Å²) in [5.74, 6) is 0. The van der Waals surface area contributed by atoms with Crippen molar-refractivity contribution in [3.8, 4) is 11.3 Å². The number of nitrogens with two attached hydrogens (primary N) is 1. The molecule has 0 saturated heterocycles. The van der Waals surface area contributed by atoms with Crippen molar-refractivity contribution in [3.05, 3.63) is 54.1 Å². The maximum atomic E-state index is 5.73. The lowest BCUT2D eigenvalue weighted by molar-refractivity contribution is 1.07. The van der Waals surface area contributed by atoms with Crippen LogP contribution in [-0.2, 0) is 6.42 Å². The molecule has 0 unspecified atom stereocenters. The molecule has 0 aliphatic carbocycles. The van der Waals surface area contributed by atoms with Crippen molar-refractivity contribution in [2.75, 3.05) is 0 Å². The monoisotopic (exact) mass is 282 g/mol. The van der Waals surface area contributed by atoms with Crippen LogP contribution < -0.4 is 5.73 Å². The van der Waals surface area contributed by atoms with E-state index in [2.05, 4.69) is 4.98 Å². The van der Waals surface area contributed by atoms with E-state index in [1.165, 1.54) is 5.56 Å². The van der Waals surface area contributed by atoms with Gasteiger partial charge in [0, 0.05) is 30.6 Å². The average Bonchev–Trinajstić information content (AvgIpc) is 2.77. The topological polar surface area (TPSA) is 56.2 Å². The van der Waals surface area contributed by atoms with Gasteiger partial charge in [0.1, 0.15) is 5.65 Å². The van der Waals surface area contributed by atoms with Crippen molar-refractivity contribution in [1.29, 1.82) is 0 Å². The lowest BCUT2D eigenvalue weighted by Crippen LogP contribution is -2.13. The van der Waals surface area contributed by atoms with Gasteiger partial charge in [-0.3, -0.25) is 4.98 Å². The number of hydrogen-bond acceptors (Lipinski definition) is 3. The first kappa shape index (κ1) is 12.7. The van der Waals surface area contributed by atoms with Gasteiger partial charge in [-0.2, -0.15) is 0 Å². The Morgan fingerprint density at radius 3 is 2.95 bits per heavy atom. The minimum Gasteiger partial charge on any atom is -0.393 e. The molecule has 0 saturated carbocycles. The quantitative estimate of drug-likeness (QED) is 0.750. The van der Waals surface area contributed by atoms with Crippen LogP contribution in [0.5, 0.6) is 0 Å². The molecule has 3 aromatic rings. The van der Waals surface area contributed by atoms with E-state index in [0.717, 1.165) is 22.6 Å². The van der Waals surface area contributed by atoms with Crippen LogP contribution in [0.2, 0.25) is 0 Å². The summed E-state index contributed by atoms with van der Waals surface area (Å²) in [5.41, 5.74) is 10.7. The molecule has 0 bridgehead atoms. The molecule has 0 aliphatic heterocycles. The largest absolute Gasteiger partial charge is 0.393 e. The minimum atomic E-state index is 0.456. The Hall–Kier alpha value is -2.27. The summed E-state index contributed by atoms with van der Waals surface area (Å²) < 4.78 is 2.04. The van der Waals surface area contributed by atoms with Crippen LogP contribution in [0.3, 0.4) is 0 Å². The van der Waals surface area contributed by atoms with E-state index < -0.39 is 0 Å². The van der Waals surface area contributed by atoms with Gasteiger partial charge in [-0.25, -0.2) is 4.98 Å². The van der Waals surface area contributed by atoms with Crippen molar-refractivity contribution in [3.63, 3.8) is 0 Å². The Balaban J connectivity index is 2.27. The third kappa shape index (κ3) is 2.28. The third-order valence-corrected chi connectivity index (χ3v) is 3.30. The molecule has 0 amide bonds. The molecule has 3 heterocycles. The Morgan fingerprint density at radius 1 is 1.40 bits per heavy atom. The van der Waals surface area contributed by atoms with E-state index in [-0.39, 0.29) is 0 Å². The smallest absolute Gasteiger partial charge is 0.137 e. The van der Waals surface area contributed by atoms with Gasteiger partial charge in [-0.1, -0.05) is 12.2 Å². The van der Waals surface area contributed by atoms with Crippen molar-refractivity contribution in [2.24, 2.45) is 5.73 Å². The van der Waals surface area contributed by atoms with Crippen LogP contribution in [0.15, 0.2) is 42.9 Å². The highest BCUT2D eigenvalue weighted by atomic mass is 32.1. The van der Waals surface area contributed by atoms with Gasteiger partial charge in [0.15, 0.2) is 0 Å². The van der Waals surface area contributed by atoms with Crippen molar-refractivity contribution < 1.29 is 0 Å². The number of nitrogens with zero attached hydrogens (tertiary/aromatic N) is 3. The number of aromatic nitrogens is 3. The minimum absolute atomic E-state index is 0.456. The first-order valence-corrected chi connectivity index (χ1v) is 6.72. The number of rotatable bonds is 3. The number of hydrogen-bond donors (Lipinski definition) is 1. The van der Waals surface area contributed by atoms with Crippen LogP contribution in [0.1, 0.15) is 11.3 Å². The third-order valence-electron chi connectivity index (χ3n) is 3.16. The SMILES string of the molecule is Cc1ccn2c(CC(N)=S)c(-c3cccnc3)nc2c1. The lowest BCUT2D eigenvalue weighted by atomic mass is 10.1. The number of thiocarbonyl (C=S) groups is 1. The van der Waals surface area contributed by atoms with Crippen LogP contribution in [0.25, 0.3) is 16.9 Å². The molecule has 2 N–H and O–H groups in total. The highest BCUT2D eigenvalue weighted by Gasteiger charge is 2.14. The summed E-state index contributed by atoms with van der Waals surface area (Å²) in [7, 11) is 0. The van der Waals surface area contributed by atoms with Gasteiger partial charge in [0.25, 0.3) is 0 Å². The van der Waals surface area contributed by atoms with E-state index in [0.29, 0.717) is 11.4 Å². The lowest BCUT2D eigenvalue weighted by Gasteiger charge is -2.04. The van der Waals surface area contributed by atoms with Gasteiger partial charge in [-0.05, 0) is 36.8 Å². The average molecular weight is 282 g/mol. The molecule has 0 aliphatic rings. The van der Waals surface area contributed by atoms with E-state index in [1.807, 2.05) is 41.8 Å². The summed E-state index contributed by atoms with van der Waals surface area (Å²) in [4.78, 5) is 9.32. The molecule has 0 atom stereocenters. The normalized spacial score (nSPS) is 10.8. The molecular weight excluding hydrogens is 268 g/mol. The Bertz CT molecular complexity index is 777. The Morgan fingerprint density at radius 2 is 2.25 bits per heavy atom. The number of aryl methyl sites for hydroxylation is 1. The molecule has 0 aromatic carbocycles. The Kier molecular flexibility index (Phi) is 3.20. The summed E-state index contributed by atoms with van der Waals surface area (Å²) in [5, 5.41) is 0. The number of pyridine rings is 2. The van der Waals surface area contributed by atoms with Crippen molar-refractivity contribution in [2.45, 2.75) is 13.3 Å². The van der Waals surface area contributed by atoms with E-state index in [1.54, 1.807) is 12.4 Å². The van der Waals surface area contributed by atoms with E-state index in [9.17, 15) is 0 Å². The molecule has 0 spiro atoms. The van der Waals surface area contributed by atoms with Crippen LogP contribution >= 0.6 is 12.2 Å². The molecule has 0 fully saturated rings. The first-order valence-electron chi connectivity index (χ1n) is 6.31. The summed E-state index contributed by atoms with van der Waals surface area (Å²) >= 11 is 5.06. The summed E-state index contributed by atoms with van der Waals surface area (Å²) in [6.07, 6.45) is 6.07. The maximum absolute atomic E-state index is 5.73. The van der Waals surface area contributed by atoms with E-state index in [4.69, 9.17) is 22.9 Å². The molecular formula is C15H14N4S. The highest BCUT2D eigenvalue weighted by Crippen LogP contribution is 2.24. The standard InChI is InChI=1S/C15H14N4S/c1-10-4-6-19-12(8-13(16)20)15(18-14(19)7-10)11-3-2-5-17-9-11/h2-7,9H,8H2,1H3,(H2,16,20). The second-order valence-corrected chi connectivity index (χ2v) is 5.25. The molecule has 4 nitrogen and oxygen atoms in total. The second kappa shape index (κ2) is 5.02. The number of fused-ring (bicyclic) bond motifs is 1. The predicted molar refractivity (Wildman–Crippen MR) is 83.6 cm³/mol. The first-order chi connectivity index (χ1) is 9.65. The zero-order valence-corrected chi connectivity index (χ0v) is 11.9. The highest BCUT2D eigenvalue weighted by molar-refractivity contribution is 7.80. The van der Waals surface area contributed by atoms with Gasteiger partial charge in [0.2, 0.25) is 0 Å². The number of imidazole rings is 1. The van der Waals surface area contributed by atoms with Gasteiger partial charge < -0.3 is 10.1 Å². The van der Waals surface area contributed by atoms with Gasteiger partial charge in [0.05, 0.1) is 16.4 Å². The second-order valence-electron chi connectivity index (χ2n) is 4.72. The molecule has 3 aromatic heterocycles. The van der Waals surface area contributed by atoms with Gasteiger partial charge >= 0.3 is 0 Å². The molecule has 3 rings (SSSR count). The zero-order valence-electron chi connectivity index (χ0n) is 11.1. The fourth-order valence-electron chi connectivity index (χ4n) is 2.27. The predicted octanol–water partition coefficient (Wildman–Crippen LogP) is 2.53.